The average Bonchev–Trinajstić information content (AvgIpc) is 2.95. The molecule has 0 fully saturated rings. The van der Waals surface area contributed by atoms with Crippen LogP contribution in [0.4, 0.5) is 5.69 Å². The molecule has 0 unspecified atom stereocenters. The van der Waals surface area contributed by atoms with Crippen molar-refractivity contribution >= 4 is 16.8 Å². The summed E-state index contributed by atoms with van der Waals surface area (Å²) >= 11 is 0. The lowest BCUT2D eigenvalue weighted by Crippen LogP contribution is -2.17. The van der Waals surface area contributed by atoms with Gasteiger partial charge in [-0.1, -0.05) is 47.6 Å². The Morgan fingerprint density at radius 2 is 1.70 bits per heavy atom. The van der Waals surface area contributed by atoms with Gasteiger partial charge in [0.05, 0.1) is 10.5 Å². The number of hydrogen-bond acceptors (Lipinski definition) is 5. The Morgan fingerprint density at radius 1 is 1.04 bits per heavy atom. The van der Waals surface area contributed by atoms with Crippen molar-refractivity contribution in [3.8, 4) is 17.2 Å². The van der Waals surface area contributed by atoms with E-state index in [1.165, 1.54) is 18.2 Å². The van der Waals surface area contributed by atoms with E-state index < -0.39 is 4.92 Å². The summed E-state index contributed by atoms with van der Waals surface area (Å²) in [5.41, 5.74) is 2.71. The summed E-state index contributed by atoms with van der Waals surface area (Å²) < 4.78 is 5.81. The molecule has 0 aliphatic carbocycles. The summed E-state index contributed by atoms with van der Waals surface area (Å²) in [7, 11) is 0. The SMILES string of the molecule is CC(C)(C)c1cc(-c2nc3cc([N+](=O)[O-])ccc3o2)c(O)c(C(C)(C)C)c1. The monoisotopic (exact) mass is 368 g/mol. The number of fused-ring (bicyclic) bond motifs is 1. The summed E-state index contributed by atoms with van der Waals surface area (Å²) in [4.78, 5) is 14.9. The second kappa shape index (κ2) is 6.08. The maximum atomic E-state index is 11.0. The number of nitro benzene ring substituents is 1. The number of rotatable bonds is 2. The van der Waals surface area contributed by atoms with Crippen molar-refractivity contribution in [2.75, 3.05) is 0 Å². The molecule has 6 nitrogen and oxygen atoms in total. The van der Waals surface area contributed by atoms with Crippen molar-refractivity contribution in [3.63, 3.8) is 0 Å². The molecule has 1 heterocycles. The van der Waals surface area contributed by atoms with Gasteiger partial charge < -0.3 is 9.52 Å². The van der Waals surface area contributed by atoms with Gasteiger partial charge in [-0.25, -0.2) is 4.98 Å². The highest BCUT2D eigenvalue weighted by Crippen LogP contribution is 2.42. The lowest BCUT2D eigenvalue weighted by molar-refractivity contribution is -0.384. The lowest BCUT2D eigenvalue weighted by atomic mass is 9.79. The highest BCUT2D eigenvalue weighted by molar-refractivity contribution is 5.80. The van der Waals surface area contributed by atoms with E-state index in [9.17, 15) is 15.2 Å². The number of nitro groups is 1. The van der Waals surface area contributed by atoms with Gasteiger partial charge in [0.25, 0.3) is 5.69 Å². The first-order valence-corrected chi connectivity index (χ1v) is 8.81. The summed E-state index contributed by atoms with van der Waals surface area (Å²) in [5, 5.41) is 21.9. The molecule has 1 N–H and O–H groups in total. The molecule has 0 aliphatic rings. The summed E-state index contributed by atoms with van der Waals surface area (Å²) in [5.74, 6) is 0.371. The first-order chi connectivity index (χ1) is 12.4. The molecular weight excluding hydrogens is 344 g/mol. The average molecular weight is 368 g/mol. The molecule has 0 atom stereocenters. The van der Waals surface area contributed by atoms with E-state index >= 15 is 0 Å². The molecule has 2 aromatic carbocycles. The van der Waals surface area contributed by atoms with Gasteiger partial charge in [0, 0.05) is 17.7 Å². The van der Waals surface area contributed by atoms with Crippen molar-refractivity contribution in [1.82, 2.24) is 4.98 Å². The minimum Gasteiger partial charge on any atom is -0.507 e. The fourth-order valence-electron chi connectivity index (χ4n) is 2.95. The normalized spacial score (nSPS) is 12.5. The Bertz CT molecular complexity index is 1040. The van der Waals surface area contributed by atoms with Crippen LogP contribution in [0.5, 0.6) is 5.75 Å². The Morgan fingerprint density at radius 3 is 2.26 bits per heavy atom. The number of hydrogen-bond donors (Lipinski definition) is 1. The molecular formula is C21H24N2O4. The smallest absolute Gasteiger partial charge is 0.271 e. The van der Waals surface area contributed by atoms with Crippen LogP contribution in [0.2, 0.25) is 0 Å². The molecule has 27 heavy (non-hydrogen) atoms. The number of benzene rings is 2. The third kappa shape index (κ3) is 3.52. The second-order valence-electron chi connectivity index (χ2n) is 8.85. The van der Waals surface area contributed by atoms with E-state index in [-0.39, 0.29) is 28.2 Å². The van der Waals surface area contributed by atoms with Gasteiger partial charge in [-0.3, -0.25) is 10.1 Å². The first-order valence-electron chi connectivity index (χ1n) is 8.81. The highest BCUT2D eigenvalue weighted by atomic mass is 16.6. The van der Waals surface area contributed by atoms with E-state index in [0.29, 0.717) is 16.7 Å². The number of oxazole rings is 1. The minimum atomic E-state index is -0.469. The topological polar surface area (TPSA) is 89.4 Å². The third-order valence-electron chi connectivity index (χ3n) is 4.60. The Hall–Kier alpha value is -2.89. The zero-order valence-corrected chi connectivity index (χ0v) is 16.5. The molecule has 142 valence electrons. The van der Waals surface area contributed by atoms with Crippen molar-refractivity contribution in [3.05, 3.63) is 51.6 Å². The predicted molar refractivity (Wildman–Crippen MR) is 105 cm³/mol. The molecule has 0 spiro atoms. The number of aromatic hydroxyl groups is 1. The quantitative estimate of drug-likeness (QED) is 0.462. The minimum absolute atomic E-state index is 0.0506. The molecule has 0 aliphatic heterocycles. The molecule has 6 heteroatoms. The summed E-state index contributed by atoms with van der Waals surface area (Å²) in [6.07, 6.45) is 0. The van der Waals surface area contributed by atoms with Gasteiger partial charge in [-0.2, -0.15) is 0 Å². The van der Waals surface area contributed by atoms with E-state index in [0.717, 1.165) is 11.1 Å². The number of nitrogens with zero attached hydrogens (tertiary/aromatic N) is 2. The molecule has 3 rings (SSSR count). The second-order valence-corrected chi connectivity index (χ2v) is 8.85. The molecule has 0 saturated heterocycles. The van der Waals surface area contributed by atoms with Crippen LogP contribution in [0, 0.1) is 10.1 Å². The fourth-order valence-corrected chi connectivity index (χ4v) is 2.95. The summed E-state index contributed by atoms with van der Waals surface area (Å²) in [6, 6.07) is 8.18. The van der Waals surface area contributed by atoms with Gasteiger partial charge in [-0.05, 0) is 28.5 Å². The van der Waals surface area contributed by atoms with Crippen LogP contribution in [0.25, 0.3) is 22.6 Å². The molecule has 0 saturated carbocycles. The Kier molecular flexibility index (Phi) is 4.25. The molecule has 0 radical (unpaired) electrons. The maximum Gasteiger partial charge on any atom is 0.271 e. The fraction of sp³-hybridized carbons (Fsp3) is 0.381. The Balaban J connectivity index is 2.27. The number of non-ortho nitro benzene ring substituents is 1. The zero-order chi connectivity index (χ0) is 20.1. The van der Waals surface area contributed by atoms with Crippen LogP contribution < -0.4 is 0 Å². The third-order valence-corrected chi connectivity index (χ3v) is 4.60. The van der Waals surface area contributed by atoms with Crippen LogP contribution in [0.3, 0.4) is 0 Å². The molecule has 1 aromatic heterocycles. The first kappa shape index (κ1) is 18.9. The number of phenolic OH excluding ortho intramolecular Hbond substituents is 1. The molecule has 0 bridgehead atoms. The van der Waals surface area contributed by atoms with Gasteiger partial charge >= 0.3 is 0 Å². The van der Waals surface area contributed by atoms with Gasteiger partial charge in [0.2, 0.25) is 5.89 Å². The summed E-state index contributed by atoms with van der Waals surface area (Å²) in [6.45, 7) is 12.4. The van der Waals surface area contributed by atoms with E-state index in [1.807, 2.05) is 32.9 Å². The predicted octanol–water partition coefficient (Wildman–Crippen LogP) is 5.70. The van der Waals surface area contributed by atoms with Gasteiger partial charge in [0.1, 0.15) is 11.3 Å². The Labute approximate surface area is 158 Å². The lowest BCUT2D eigenvalue weighted by Gasteiger charge is -2.27. The van der Waals surface area contributed by atoms with E-state index in [4.69, 9.17) is 4.42 Å². The van der Waals surface area contributed by atoms with E-state index in [1.54, 1.807) is 0 Å². The van der Waals surface area contributed by atoms with Crippen molar-refractivity contribution in [1.29, 1.82) is 0 Å². The van der Waals surface area contributed by atoms with Crippen LogP contribution in [-0.2, 0) is 10.8 Å². The molecule has 3 aromatic rings. The van der Waals surface area contributed by atoms with Crippen molar-refractivity contribution < 1.29 is 14.4 Å². The van der Waals surface area contributed by atoms with Crippen molar-refractivity contribution in [2.24, 2.45) is 0 Å². The van der Waals surface area contributed by atoms with Gasteiger partial charge in [-0.15, -0.1) is 0 Å². The zero-order valence-electron chi connectivity index (χ0n) is 16.5. The maximum absolute atomic E-state index is 11.0. The number of aromatic nitrogens is 1. The van der Waals surface area contributed by atoms with Crippen LogP contribution in [0.1, 0.15) is 52.7 Å². The number of phenols is 1. The largest absolute Gasteiger partial charge is 0.507 e. The van der Waals surface area contributed by atoms with Gasteiger partial charge in [0.15, 0.2) is 5.58 Å². The van der Waals surface area contributed by atoms with Crippen LogP contribution in [-0.4, -0.2) is 15.0 Å². The standard InChI is InChI=1S/C21H24N2O4/c1-20(2,3)12-9-14(18(24)15(10-12)21(4,5)6)19-22-16-11-13(23(25)26)7-8-17(16)27-19/h7-11,24H,1-6H3. The van der Waals surface area contributed by atoms with Crippen LogP contribution in [0.15, 0.2) is 34.7 Å². The van der Waals surface area contributed by atoms with E-state index in [2.05, 4.69) is 25.8 Å². The van der Waals surface area contributed by atoms with Crippen molar-refractivity contribution in [2.45, 2.75) is 52.4 Å². The molecule has 0 amide bonds. The van der Waals surface area contributed by atoms with Crippen LogP contribution >= 0.6 is 0 Å². The highest BCUT2D eigenvalue weighted by Gasteiger charge is 2.27.